The molecule has 1 heterocycles. The van der Waals surface area contributed by atoms with Crippen LogP contribution in [0.25, 0.3) is 0 Å². The van der Waals surface area contributed by atoms with Gasteiger partial charge in [-0.05, 0) is 37.3 Å². The SMILES string of the molecule is Cc1ccc(CS(=O)(=O)N2C[C@@H]3CCC[C@@]3(C(=O)O)C2)c(F)c1. The Morgan fingerprint density at radius 3 is 2.83 bits per heavy atom. The van der Waals surface area contributed by atoms with Crippen LogP contribution < -0.4 is 0 Å². The van der Waals surface area contributed by atoms with Gasteiger partial charge in [0.05, 0.1) is 11.2 Å². The van der Waals surface area contributed by atoms with Gasteiger partial charge in [0, 0.05) is 18.7 Å². The van der Waals surface area contributed by atoms with Crippen LogP contribution in [0.5, 0.6) is 0 Å². The summed E-state index contributed by atoms with van der Waals surface area (Å²) in [5, 5.41) is 9.54. The van der Waals surface area contributed by atoms with Gasteiger partial charge < -0.3 is 5.11 Å². The van der Waals surface area contributed by atoms with E-state index < -0.39 is 33.0 Å². The maximum Gasteiger partial charge on any atom is 0.311 e. The van der Waals surface area contributed by atoms with Gasteiger partial charge in [0.15, 0.2) is 0 Å². The zero-order chi connectivity index (χ0) is 16.8. The molecule has 1 saturated carbocycles. The highest BCUT2D eigenvalue weighted by atomic mass is 32.2. The third kappa shape index (κ3) is 2.76. The van der Waals surface area contributed by atoms with E-state index in [9.17, 15) is 22.7 Å². The number of hydrogen-bond acceptors (Lipinski definition) is 3. The quantitative estimate of drug-likeness (QED) is 0.910. The maximum atomic E-state index is 13.9. The van der Waals surface area contributed by atoms with Gasteiger partial charge in [0.25, 0.3) is 0 Å². The van der Waals surface area contributed by atoms with Crippen molar-refractivity contribution in [1.82, 2.24) is 4.31 Å². The highest BCUT2D eigenvalue weighted by molar-refractivity contribution is 7.88. The molecular weight excluding hydrogens is 321 g/mol. The van der Waals surface area contributed by atoms with Crippen LogP contribution in [0.2, 0.25) is 0 Å². The Kier molecular flexibility index (Phi) is 3.96. The summed E-state index contributed by atoms with van der Waals surface area (Å²) in [5.74, 6) is -2.03. The van der Waals surface area contributed by atoms with Crippen LogP contribution in [-0.4, -0.2) is 36.9 Å². The maximum absolute atomic E-state index is 13.9. The smallest absolute Gasteiger partial charge is 0.311 e. The number of aliphatic carboxylic acids is 1. The molecule has 1 aliphatic heterocycles. The normalized spacial score (nSPS) is 28.0. The van der Waals surface area contributed by atoms with Gasteiger partial charge in [-0.25, -0.2) is 17.1 Å². The fourth-order valence-corrected chi connectivity index (χ4v) is 5.51. The Balaban J connectivity index is 1.83. The molecule has 2 atom stereocenters. The lowest BCUT2D eigenvalue weighted by atomic mass is 9.81. The van der Waals surface area contributed by atoms with Crippen molar-refractivity contribution in [3.05, 3.63) is 35.1 Å². The summed E-state index contributed by atoms with van der Waals surface area (Å²) in [6.07, 6.45) is 2.06. The molecule has 23 heavy (non-hydrogen) atoms. The summed E-state index contributed by atoms with van der Waals surface area (Å²) in [5.41, 5.74) is -0.111. The number of fused-ring (bicyclic) bond motifs is 1. The lowest BCUT2D eigenvalue weighted by Crippen LogP contribution is -2.37. The largest absolute Gasteiger partial charge is 0.481 e. The van der Waals surface area contributed by atoms with E-state index in [4.69, 9.17) is 0 Å². The summed E-state index contributed by atoms with van der Waals surface area (Å²) >= 11 is 0. The second kappa shape index (κ2) is 5.56. The van der Waals surface area contributed by atoms with Crippen molar-refractivity contribution in [2.45, 2.75) is 31.9 Å². The van der Waals surface area contributed by atoms with Gasteiger partial charge in [-0.1, -0.05) is 18.6 Å². The number of sulfonamides is 1. The van der Waals surface area contributed by atoms with Crippen molar-refractivity contribution in [2.75, 3.05) is 13.1 Å². The highest BCUT2D eigenvalue weighted by Crippen LogP contribution is 2.49. The van der Waals surface area contributed by atoms with Crippen molar-refractivity contribution < 1.29 is 22.7 Å². The Bertz CT molecular complexity index is 748. The zero-order valence-corrected chi connectivity index (χ0v) is 13.8. The average molecular weight is 341 g/mol. The molecule has 0 aromatic heterocycles. The molecule has 2 fully saturated rings. The summed E-state index contributed by atoms with van der Waals surface area (Å²) in [6, 6.07) is 4.46. The molecule has 0 radical (unpaired) electrons. The van der Waals surface area contributed by atoms with Crippen LogP contribution in [-0.2, 0) is 20.6 Å². The molecule has 3 rings (SSSR count). The van der Waals surface area contributed by atoms with E-state index >= 15 is 0 Å². The first-order valence-corrected chi connectivity index (χ1v) is 9.32. The monoisotopic (exact) mass is 341 g/mol. The minimum absolute atomic E-state index is 0.00279. The Labute approximate surface area is 135 Å². The van der Waals surface area contributed by atoms with Crippen LogP contribution in [0, 0.1) is 24.1 Å². The molecule has 7 heteroatoms. The number of aryl methyl sites for hydroxylation is 1. The molecule has 1 aliphatic carbocycles. The van der Waals surface area contributed by atoms with Crippen molar-refractivity contribution in [3.8, 4) is 0 Å². The fourth-order valence-electron chi connectivity index (χ4n) is 3.86. The number of benzene rings is 1. The molecule has 0 bridgehead atoms. The minimum Gasteiger partial charge on any atom is -0.481 e. The first-order valence-electron chi connectivity index (χ1n) is 7.71. The Morgan fingerprint density at radius 1 is 1.48 bits per heavy atom. The second-order valence-corrected chi connectivity index (χ2v) is 8.66. The number of carboxylic acids is 1. The molecule has 0 spiro atoms. The first kappa shape index (κ1) is 16.4. The predicted octanol–water partition coefficient (Wildman–Crippen LogP) is 2.15. The van der Waals surface area contributed by atoms with Gasteiger partial charge in [0.1, 0.15) is 5.82 Å². The number of rotatable bonds is 4. The molecule has 0 unspecified atom stereocenters. The summed E-state index contributed by atoms with van der Waals surface area (Å²) < 4.78 is 40.4. The van der Waals surface area contributed by atoms with Gasteiger partial charge >= 0.3 is 5.97 Å². The van der Waals surface area contributed by atoms with E-state index in [1.54, 1.807) is 13.0 Å². The van der Waals surface area contributed by atoms with Gasteiger partial charge in [0.2, 0.25) is 10.0 Å². The standard InChI is InChI=1S/C16H20FNO4S/c1-11-4-5-12(14(17)7-11)9-23(21,22)18-8-13-3-2-6-16(13,10-18)15(19)20/h4-5,7,13H,2-3,6,8-10H2,1H3,(H,19,20)/t13-,16+/m0/s1. The van der Waals surface area contributed by atoms with Gasteiger partial charge in [-0.2, -0.15) is 0 Å². The lowest BCUT2D eigenvalue weighted by molar-refractivity contribution is -0.149. The van der Waals surface area contributed by atoms with Crippen LogP contribution in [0.4, 0.5) is 4.39 Å². The molecule has 1 saturated heterocycles. The van der Waals surface area contributed by atoms with Crippen molar-refractivity contribution in [1.29, 1.82) is 0 Å². The van der Waals surface area contributed by atoms with Crippen molar-refractivity contribution in [3.63, 3.8) is 0 Å². The lowest BCUT2D eigenvalue weighted by Gasteiger charge is -2.23. The number of halogens is 1. The molecule has 0 amide bonds. The van der Waals surface area contributed by atoms with Crippen LogP contribution in [0.15, 0.2) is 18.2 Å². The molecular formula is C16H20FNO4S. The van der Waals surface area contributed by atoms with Crippen LogP contribution >= 0.6 is 0 Å². The average Bonchev–Trinajstić information content (AvgIpc) is 3.00. The van der Waals surface area contributed by atoms with E-state index in [0.717, 1.165) is 18.4 Å². The van der Waals surface area contributed by atoms with Gasteiger partial charge in [-0.3, -0.25) is 4.79 Å². The topological polar surface area (TPSA) is 74.7 Å². The van der Waals surface area contributed by atoms with E-state index in [1.807, 2.05) is 0 Å². The second-order valence-electron chi connectivity index (χ2n) is 6.69. The third-order valence-corrected chi connectivity index (χ3v) is 6.95. The summed E-state index contributed by atoms with van der Waals surface area (Å²) in [6.45, 7) is 1.96. The van der Waals surface area contributed by atoms with Crippen molar-refractivity contribution in [2.24, 2.45) is 11.3 Å². The van der Waals surface area contributed by atoms with Gasteiger partial charge in [-0.15, -0.1) is 0 Å². The molecule has 1 aromatic carbocycles. The number of hydrogen-bond donors (Lipinski definition) is 1. The molecule has 5 nitrogen and oxygen atoms in total. The van der Waals surface area contributed by atoms with E-state index in [2.05, 4.69) is 0 Å². The summed E-state index contributed by atoms with van der Waals surface area (Å²) in [4.78, 5) is 11.6. The number of carboxylic acid groups (broad SMARTS) is 1. The molecule has 2 aliphatic rings. The molecule has 126 valence electrons. The van der Waals surface area contributed by atoms with Crippen LogP contribution in [0.3, 0.4) is 0 Å². The highest BCUT2D eigenvalue weighted by Gasteiger charge is 2.57. The number of nitrogens with zero attached hydrogens (tertiary/aromatic N) is 1. The van der Waals surface area contributed by atoms with E-state index in [0.29, 0.717) is 6.42 Å². The predicted molar refractivity (Wildman–Crippen MR) is 82.7 cm³/mol. The third-order valence-electron chi connectivity index (χ3n) is 5.21. The zero-order valence-electron chi connectivity index (χ0n) is 13.0. The minimum atomic E-state index is -3.73. The van der Waals surface area contributed by atoms with E-state index in [1.165, 1.54) is 16.4 Å². The molecule has 1 N–H and O–H groups in total. The summed E-state index contributed by atoms with van der Waals surface area (Å²) in [7, 11) is -3.73. The van der Waals surface area contributed by atoms with E-state index in [-0.39, 0.29) is 24.6 Å². The molecule has 1 aromatic rings. The Hall–Kier alpha value is -1.47. The Morgan fingerprint density at radius 2 is 2.22 bits per heavy atom. The number of carbonyl (C=O) groups is 1. The fraction of sp³-hybridized carbons (Fsp3) is 0.562. The van der Waals surface area contributed by atoms with Crippen LogP contribution in [0.1, 0.15) is 30.4 Å². The first-order chi connectivity index (χ1) is 10.7. The van der Waals surface area contributed by atoms with Crippen molar-refractivity contribution >= 4 is 16.0 Å².